The maximum Gasteiger partial charge on any atom is 0.0955 e. The average molecular weight is 238 g/mol. The molecule has 0 unspecified atom stereocenters. The van der Waals surface area contributed by atoms with Gasteiger partial charge >= 0.3 is 0 Å². The fourth-order valence-corrected chi connectivity index (χ4v) is 2.03. The molecular formula is C16H18N2. The molecule has 2 aromatic rings. The highest BCUT2D eigenvalue weighted by Crippen LogP contribution is 2.23. The summed E-state index contributed by atoms with van der Waals surface area (Å²) in [5.74, 6) is 0. The summed E-state index contributed by atoms with van der Waals surface area (Å²) >= 11 is 0. The second kappa shape index (κ2) is 5.05. The molecule has 1 heterocycles. The quantitative estimate of drug-likeness (QED) is 0.737. The molecule has 0 atom stereocenters. The van der Waals surface area contributed by atoms with Crippen molar-refractivity contribution < 1.29 is 0 Å². The van der Waals surface area contributed by atoms with Crippen molar-refractivity contribution in [1.29, 1.82) is 0 Å². The molecule has 0 aliphatic heterocycles. The number of hydrogen-bond acceptors (Lipinski definition) is 1. The highest BCUT2D eigenvalue weighted by Gasteiger charge is 2.13. The minimum absolute atomic E-state index is 1.01. The van der Waals surface area contributed by atoms with E-state index < -0.39 is 0 Å². The van der Waals surface area contributed by atoms with Crippen LogP contribution in [0.5, 0.6) is 0 Å². The predicted molar refractivity (Wildman–Crippen MR) is 76.9 cm³/mol. The molecule has 0 aliphatic rings. The lowest BCUT2D eigenvalue weighted by atomic mass is 10.1. The molecular weight excluding hydrogens is 220 g/mol. The molecule has 1 aromatic heterocycles. The first-order valence-corrected chi connectivity index (χ1v) is 6.09. The van der Waals surface area contributed by atoms with Gasteiger partial charge in [-0.25, -0.2) is 4.68 Å². The smallest absolute Gasteiger partial charge is 0.0955 e. The van der Waals surface area contributed by atoms with E-state index in [1.165, 1.54) is 5.56 Å². The number of hydrogen-bond donors (Lipinski definition) is 0. The first-order chi connectivity index (χ1) is 8.69. The standard InChI is InChI=1S/C16H18N2/c1-5-14(6-2)16-12(3)13(4)18(17-16)15-10-8-7-9-11-15/h5-11H,1H2,2-4H3. The van der Waals surface area contributed by atoms with E-state index in [2.05, 4.69) is 32.6 Å². The predicted octanol–water partition coefficient (Wildman–Crippen LogP) is 4.08. The minimum Gasteiger partial charge on any atom is -0.237 e. The summed E-state index contributed by atoms with van der Waals surface area (Å²) in [5.41, 5.74) is 5.53. The van der Waals surface area contributed by atoms with Crippen LogP contribution in [0.2, 0.25) is 0 Å². The molecule has 18 heavy (non-hydrogen) atoms. The molecule has 0 fully saturated rings. The summed E-state index contributed by atoms with van der Waals surface area (Å²) in [6.45, 7) is 10.0. The molecule has 0 bridgehead atoms. The van der Waals surface area contributed by atoms with E-state index in [-0.39, 0.29) is 0 Å². The Balaban J connectivity index is 2.60. The zero-order valence-electron chi connectivity index (χ0n) is 11.1. The molecule has 0 saturated carbocycles. The van der Waals surface area contributed by atoms with Crippen LogP contribution in [0.15, 0.2) is 49.1 Å². The molecule has 0 N–H and O–H groups in total. The highest BCUT2D eigenvalue weighted by molar-refractivity contribution is 5.73. The van der Waals surface area contributed by atoms with Gasteiger partial charge in [0, 0.05) is 5.69 Å². The summed E-state index contributed by atoms with van der Waals surface area (Å²) in [6.07, 6.45) is 3.89. The van der Waals surface area contributed by atoms with Gasteiger partial charge < -0.3 is 0 Å². The molecule has 0 amide bonds. The topological polar surface area (TPSA) is 17.8 Å². The van der Waals surface area contributed by atoms with Crippen LogP contribution in [0, 0.1) is 13.8 Å². The van der Waals surface area contributed by atoms with Gasteiger partial charge in [0.1, 0.15) is 0 Å². The van der Waals surface area contributed by atoms with E-state index in [0.29, 0.717) is 0 Å². The van der Waals surface area contributed by atoms with E-state index in [1.54, 1.807) is 0 Å². The highest BCUT2D eigenvalue weighted by atomic mass is 15.3. The molecule has 2 heteroatoms. The molecule has 0 radical (unpaired) electrons. The van der Waals surface area contributed by atoms with Gasteiger partial charge in [0.2, 0.25) is 0 Å². The van der Waals surface area contributed by atoms with Crippen molar-refractivity contribution in [3.63, 3.8) is 0 Å². The van der Waals surface area contributed by atoms with Crippen molar-refractivity contribution in [1.82, 2.24) is 9.78 Å². The maximum absolute atomic E-state index is 4.70. The summed E-state index contributed by atoms with van der Waals surface area (Å²) in [5, 5.41) is 4.70. The minimum atomic E-state index is 1.01. The van der Waals surface area contributed by atoms with Crippen molar-refractivity contribution in [3.05, 3.63) is 66.0 Å². The van der Waals surface area contributed by atoms with Gasteiger partial charge in [-0.3, -0.25) is 0 Å². The van der Waals surface area contributed by atoms with Crippen LogP contribution in [-0.2, 0) is 0 Å². The lowest BCUT2D eigenvalue weighted by Gasteiger charge is -2.03. The molecule has 0 aliphatic carbocycles. The van der Waals surface area contributed by atoms with E-state index >= 15 is 0 Å². The van der Waals surface area contributed by atoms with Crippen LogP contribution < -0.4 is 0 Å². The zero-order valence-corrected chi connectivity index (χ0v) is 11.1. The van der Waals surface area contributed by atoms with Crippen LogP contribution in [0.3, 0.4) is 0 Å². The Labute approximate surface area is 108 Å². The third kappa shape index (κ3) is 2.02. The molecule has 0 saturated heterocycles. The van der Waals surface area contributed by atoms with Gasteiger partial charge in [0.25, 0.3) is 0 Å². The fourth-order valence-electron chi connectivity index (χ4n) is 2.03. The fraction of sp³-hybridized carbons (Fsp3) is 0.188. The van der Waals surface area contributed by atoms with Crippen LogP contribution in [0.1, 0.15) is 23.9 Å². The monoisotopic (exact) mass is 238 g/mol. The molecule has 0 spiro atoms. The summed E-state index contributed by atoms with van der Waals surface area (Å²) < 4.78 is 1.98. The zero-order chi connectivity index (χ0) is 13.1. The van der Waals surface area contributed by atoms with Gasteiger partial charge in [0.15, 0.2) is 0 Å². The number of aromatic nitrogens is 2. The molecule has 1 aromatic carbocycles. The Morgan fingerprint density at radius 2 is 1.89 bits per heavy atom. The van der Waals surface area contributed by atoms with Crippen molar-refractivity contribution in [2.24, 2.45) is 0 Å². The number of allylic oxidation sites excluding steroid dienone is 3. The van der Waals surface area contributed by atoms with Crippen molar-refractivity contribution in [3.8, 4) is 5.69 Å². The van der Waals surface area contributed by atoms with E-state index in [0.717, 1.165) is 22.6 Å². The lowest BCUT2D eigenvalue weighted by molar-refractivity contribution is 0.841. The van der Waals surface area contributed by atoms with Crippen LogP contribution in [0.4, 0.5) is 0 Å². The van der Waals surface area contributed by atoms with Crippen molar-refractivity contribution >= 4 is 5.57 Å². The first-order valence-electron chi connectivity index (χ1n) is 6.09. The van der Waals surface area contributed by atoms with Gasteiger partial charge in [-0.2, -0.15) is 5.10 Å². The van der Waals surface area contributed by atoms with Gasteiger partial charge in [0.05, 0.1) is 11.4 Å². The van der Waals surface area contributed by atoms with Crippen molar-refractivity contribution in [2.45, 2.75) is 20.8 Å². The molecule has 2 nitrogen and oxygen atoms in total. The Hall–Kier alpha value is -2.09. The average Bonchev–Trinajstić information content (AvgIpc) is 2.70. The second-order valence-corrected chi connectivity index (χ2v) is 4.25. The maximum atomic E-state index is 4.70. The molecule has 2 rings (SSSR count). The Morgan fingerprint density at radius 1 is 1.22 bits per heavy atom. The third-order valence-electron chi connectivity index (χ3n) is 3.22. The van der Waals surface area contributed by atoms with Gasteiger partial charge in [-0.05, 0) is 44.0 Å². The van der Waals surface area contributed by atoms with Gasteiger partial charge in [-0.15, -0.1) is 0 Å². The summed E-state index contributed by atoms with van der Waals surface area (Å²) in [6, 6.07) is 10.2. The van der Waals surface area contributed by atoms with E-state index in [1.807, 2.05) is 42.0 Å². The molecule has 92 valence electrons. The Morgan fingerprint density at radius 3 is 2.44 bits per heavy atom. The second-order valence-electron chi connectivity index (χ2n) is 4.25. The van der Waals surface area contributed by atoms with Crippen molar-refractivity contribution in [2.75, 3.05) is 0 Å². The number of para-hydroxylation sites is 1. The number of benzene rings is 1. The van der Waals surface area contributed by atoms with Gasteiger partial charge in [-0.1, -0.05) is 36.9 Å². The normalized spacial score (nSPS) is 11.6. The number of nitrogens with zero attached hydrogens (tertiary/aromatic N) is 2. The Bertz CT molecular complexity index is 589. The Kier molecular flexibility index (Phi) is 3.47. The van der Waals surface area contributed by atoms with E-state index in [9.17, 15) is 0 Å². The number of rotatable bonds is 3. The third-order valence-corrected chi connectivity index (χ3v) is 3.22. The SMILES string of the molecule is C=CC(=CC)c1nn(-c2ccccc2)c(C)c1C. The first kappa shape index (κ1) is 12.4. The summed E-state index contributed by atoms with van der Waals surface area (Å²) in [7, 11) is 0. The summed E-state index contributed by atoms with van der Waals surface area (Å²) in [4.78, 5) is 0. The van der Waals surface area contributed by atoms with Crippen LogP contribution in [-0.4, -0.2) is 9.78 Å². The van der Waals surface area contributed by atoms with Crippen LogP contribution in [0.25, 0.3) is 11.3 Å². The largest absolute Gasteiger partial charge is 0.237 e. The lowest BCUT2D eigenvalue weighted by Crippen LogP contribution is -1.98. The van der Waals surface area contributed by atoms with Crippen LogP contribution >= 0.6 is 0 Å². The van der Waals surface area contributed by atoms with E-state index in [4.69, 9.17) is 5.10 Å².